The maximum atomic E-state index is 11.1. The SMILES string of the molecule is CCOc1cc(N2CC3CNCC3C2C)ccc1[N+](=O)[O-]. The molecule has 3 rings (SSSR count). The summed E-state index contributed by atoms with van der Waals surface area (Å²) < 4.78 is 5.45. The summed E-state index contributed by atoms with van der Waals surface area (Å²) in [6.07, 6.45) is 0. The highest BCUT2D eigenvalue weighted by molar-refractivity contribution is 5.60. The first-order valence-corrected chi connectivity index (χ1v) is 7.50. The fourth-order valence-corrected chi connectivity index (χ4v) is 3.61. The lowest BCUT2D eigenvalue weighted by molar-refractivity contribution is -0.385. The predicted octanol–water partition coefficient (Wildman–Crippen LogP) is 2.04. The average molecular weight is 291 g/mol. The van der Waals surface area contributed by atoms with Crippen molar-refractivity contribution in [2.45, 2.75) is 19.9 Å². The fraction of sp³-hybridized carbons (Fsp3) is 0.600. The molecule has 1 aromatic rings. The Morgan fingerprint density at radius 2 is 2.29 bits per heavy atom. The molecular formula is C15H21N3O3. The molecule has 6 heteroatoms. The van der Waals surface area contributed by atoms with E-state index in [1.807, 2.05) is 19.1 Å². The van der Waals surface area contributed by atoms with E-state index in [9.17, 15) is 10.1 Å². The molecule has 1 aromatic carbocycles. The standard InChI is InChI=1S/C15H21N3O3/c1-3-21-15-6-12(4-5-14(15)18(19)20)17-9-11-7-16-8-13(11)10(17)2/h4-6,10-11,13,16H,3,7-9H2,1-2H3. The van der Waals surface area contributed by atoms with E-state index in [1.54, 1.807) is 6.07 Å². The molecule has 3 unspecified atom stereocenters. The van der Waals surface area contributed by atoms with Gasteiger partial charge in [-0.25, -0.2) is 0 Å². The van der Waals surface area contributed by atoms with E-state index < -0.39 is 0 Å². The Morgan fingerprint density at radius 3 is 2.95 bits per heavy atom. The zero-order chi connectivity index (χ0) is 15.0. The number of nitrogens with zero attached hydrogens (tertiary/aromatic N) is 2. The first kappa shape index (κ1) is 14.1. The molecule has 2 saturated heterocycles. The molecule has 21 heavy (non-hydrogen) atoms. The monoisotopic (exact) mass is 291 g/mol. The first-order valence-electron chi connectivity index (χ1n) is 7.50. The van der Waals surface area contributed by atoms with E-state index >= 15 is 0 Å². The van der Waals surface area contributed by atoms with Gasteiger partial charge in [-0.05, 0) is 31.7 Å². The summed E-state index contributed by atoms with van der Waals surface area (Å²) in [5.41, 5.74) is 1.06. The Labute approximate surface area is 124 Å². The topological polar surface area (TPSA) is 67.6 Å². The Balaban J connectivity index is 1.89. The van der Waals surface area contributed by atoms with Gasteiger partial charge in [0.2, 0.25) is 0 Å². The predicted molar refractivity (Wildman–Crippen MR) is 80.9 cm³/mol. The van der Waals surface area contributed by atoms with Crippen molar-refractivity contribution in [2.75, 3.05) is 31.1 Å². The molecule has 3 atom stereocenters. The number of nitrogens with one attached hydrogen (secondary N) is 1. The first-order chi connectivity index (χ1) is 10.1. The second-order valence-corrected chi connectivity index (χ2v) is 5.82. The number of rotatable bonds is 4. The van der Waals surface area contributed by atoms with Crippen molar-refractivity contribution in [1.82, 2.24) is 5.32 Å². The molecule has 0 aromatic heterocycles. The third-order valence-corrected chi connectivity index (χ3v) is 4.71. The van der Waals surface area contributed by atoms with Crippen LogP contribution in [0.2, 0.25) is 0 Å². The molecule has 6 nitrogen and oxygen atoms in total. The van der Waals surface area contributed by atoms with Crippen LogP contribution in [0.5, 0.6) is 5.75 Å². The van der Waals surface area contributed by atoms with Gasteiger partial charge in [0, 0.05) is 43.5 Å². The van der Waals surface area contributed by atoms with Gasteiger partial charge < -0.3 is 15.0 Å². The minimum absolute atomic E-state index is 0.0364. The lowest BCUT2D eigenvalue weighted by atomic mass is 9.95. The van der Waals surface area contributed by atoms with E-state index in [0.29, 0.717) is 30.2 Å². The molecule has 2 aliphatic heterocycles. The Kier molecular flexibility index (Phi) is 3.71. The van der Waals surface area contributed by atoms with Crippen LogP contribution >= 0.6 is 0 Å². The van der Waals surface area contributed by atoms with Gasteiger partial charge in [0.25, 0.3) is 0 Å². The molecule has 2 heterocycles. The molecule has 0 aliphatic carbocycles. The smallest absolute Gasteiger partial charge is 0.311 e. The highest BCUT2D eigenvalue weighted by atomic mass is 16.6. The highest BCUT2D eigenvalue weighted by Crippen LogP contribution is 2.39. The molecule has 0 spiro atoms. The van der Waals surface area contributed by atoms with Crippen molar-refractivity contribution in [3.63, 3.8) is 0 Å². The van der Waals surface area contributed by atoms with Gasteiger partial charge in [-0.2, -0.15) is 0 Å². The van der Waals surface area contributed by atoms with Crippen LogP contribution in [-0.4, -0.2) is 37.2 Å². The minimum atomic E-state index is -0.388. The van der Waals surface area contributed by atoms with Gasteiger partial charge in [0.05, 0.1) is 11.5 Å². The number of anilines is 1. The summed E-state index contributed by atoms with van der Waals surface area (Å²) in [6, 6.07) is 5.65. The van der Waals surface area contributed by atoms with Crippen molar-refractivity contribution in [2.24, 2.45) is 11.8 Å². The Morgan fingerprint density at radius 1 is 1.48 bits per heavy atom. The van der Waals surface area contributed by atoms with Gasteiger partial charge in [-0.3, -0.25) is 10.1 Å². The molecule has 2 aliphatic rings. The maximum Gasteiger partial charge on any atom is 0.311 e. The summed E-state index contributed by atoms with van der Waals surface area (Å²) >= 11 is 0. The number of nitro groups is 1. The van der Waals surface area contributed by atoms with Crippen LogP contribution in [0.4, 0.5) is 11.4 Å². The minimum Gasteiger partial charge on any atom is -0.487 e. The lowest BCUT2D eigenvalue weighted by Gasteiger charge is -2.27. The van der Waals surface area contributed by atoms with Crippen molar-refractivity contribution < 1.29 is 9.66 Å². The maximum absolute atomic E-state index is 11.1. The Hall–Kier alpha value is -1.82. The number of hydrogen-bond donors (Lipinski definition) is 1. The van der Waals surface area contributed by atoms with Crippen LogP contribution in [0.25, 0.3) is 0 Å². The normalized spacial score (nSPS) is 27.7. The van der Waals surface area contributed by atoms with Crippen LogP contribution in [0.15, 0.2) is 18.2 Å². The summed E-state index contributed by atoms with van der Waals surface area (Å²) in [4.78, 5) is 13.0. The molecule has 0 radical (unpaired) electrons. The number of hydrogen-bond acceptors (Lipinski definition) is 5. The number of nitro benzene ring substituents is 1. The van der Waals surface area contributed by atoms with Crippen LogP contribution < -0.4 is 15.0 Å². The summed E-state index contributed by atoms with van der Waals surface area (Å²) in [6.45, 7) is 7.63. The number of ether oxygens (including phenoxy) is 1. The molecule has 1 N–H and O–H groups in total. The third-order valence-electron chi connectivity index (χ3n) is 4.71. The van der Waals surface area contributed by atoms with Crippen molar-refractivity contribution in [1.29, 1.82) is 0 Å². The quantitative estimate of drug-likeness (QED) is 0.679. The van der Waals surface area contributed by atoms with E-state index in [2.05, 4.69) is 17.1 Å². The van der Waals surface area contributed by atoms with Crippen LogP contribution in [0.3, 0.4) is 0 Å². The zero-order valence-electron chi connectivity index (χ0n) is 12.4. The van der Waals surface area contributed by atoms with Gasteiger partial charge in [-0.15, -0.1) is 0 Å². The average Bonchev–Trinajstić information content (AvgIpc) is 3.02. The van der Waals surface area contributed by atoms with Crippen LogP contribution in [-0.2, 0) is 0 Å². The molecule has 2 fully saturated rings. The molecule has 0 saturated carbocycles. The van der Waals surface area contributed by atoms with Crippen LogP contribution in [0, 0.1) is 22.0 Å². The zero-order valence-corrected chi connectivity index (χ0v) is 12.4. The van der Waals surface area contributed by atoms with E-state index in [1.165, 1.54) is 0 Å². The van der Waals surface area contributed by atoms with Crippen molar-refractivity contribution in [3.05, 3.63) is 28.3 Å². The Bertz CT molecular complexity index is 549. The van der Waals surface area contributed by atoms with Crippen LogP contribution in [0.1, 0.15) is 13.8 Å². The number of benzene rings is 1. The second-order valence-electron chi connectivity index (χ2n) is 5.82. The largest absolute Gasteiger partial charge is 0.487 e. The van der Waals surface area contributed by atoms with Gasteiger partial charge in [0.15, 0.2) is 5.75 Å². The summed E-state index contributed by atoms with van der Waals surface area (Å²) in [7, 11) is 0. The number of fused-ring (bicyclic) bond motifs is 1. The van der Waals surface area contributed by atoms with E-state index in [0.717, 1.165) is 25.3 Å². The van der Waals surface area contributed by atoms with Crippen molar-refractivity contribution >= 4 is 11.4 Å². The van der Waals surface area contributed by atoms with Gasteiger partial charge >= 0.3 is 5.69 Å². The molecule has 0 amide bonds. The lowest BCUT2D eigenvalue weighted by Crippen LogP contribution is -2.33. The van der Waals surface area contributed by atoms with E-state index in [-0.39, 0.29) is 10.6 Å². The van der Waals surface area contributed by atoms with E-state index in [4.69, 9.17) is 4.74 Å². The highest BCUT2D eigenvalue weighted by Gasteiger charge is 2.42. The molecular weight excluding hydrogens is 270 g/mol. The second kappa shape index (κ2) is 5.52. The molecule has 0 bridgehead atoms. The van der Waals surface area contributed by atoms with Crippen molar-refractivity contribution in [3.8, 4) is 5.75 Å². The summed E-state index contributed by atoms with van der Waals surface area (Å²) in [5, 5.41) is 14.5. The third kappa shape index (κ3) is 2.44. The van der Waals surface area contributed by atoms with Gasteiger partial charge in [0.1, 0.15) is 0 Å². The fourth-order valence-electron chi connectivity index (χ4n) is 3.61. The summed E-state index contributed by atoms with van der Waals surface area (Å²) in [5.74, 6) is 1.70. The van der Waals surface area contributed by atoms with Gasteiger partial charge in [-0.1, -0.05) is 0 Å². The molecule has 114 valence electrons.